The van der Waals surface area contributed by atoms with Gasteiger partial charge in [0.1, 0.15) is 5.75 Å². The molecule has 1 amide bonds. The Kier molecular flexibility index (Phi) is 5.14. The van der Waals surface area contributed by atoms with Gasteiger partial charge in [0.15, 0.2) is 0 Å². The van der Waals surface area contributed by atoms with Gasteiger partial charge < -0.3 is 10.1 Å². The van der Waals surface area contributed by atoms with E-state index in [1.54, 1.807) is 13.3 Å². The minimum atomic E-state index is -0.392. The van der Waals surface area contributed by atoms with Gasteiger partial charge >= 0.3 is 0 Å². The second-order valence-electron chi connectivity index (χ2n) is 6.34. The lowest BCUT2D eigenvalue weighted by Crippen LogP contribution is -2.43. The first-order valence-electron chi connectivity index (χ1n) is 8.57. The number of benzene rings is 1. The van der Waals surface area contributed by atoms with Gasteiger partial charge in [0.2, 0.25) is 5.91 Å². The van der Waals surface area contributed by atoms with Crippen LogP contribution in [0.2, 0.25) is 0 Å². The zero-order valence-electron chi connectivity index (χ0n) is 14.1. The molecule has 0 bridgehead atoms. The van der Waals surface area contributed by atoms with Crippen molar-refractivity contribution in [1.82, 2.24) is 10.3 Å². The quantitative estimate of drug-likeness (QED) is 0.887. The first-order valence-corrected chi connectivity index (χ1v) is 8.57. The third-order valence-corrected chi connectivity index (χ3v) is 4.93. The van der Waals surface area contributed by atoms with Crippen LogP contribution >= 0.6 is 0 Å². The molecule has 0 aliphatic heterocycles. The molecule has 0 atom stereocenters. The number of aromatic nitrogens is 1. The molecule has 0 radical (unpaired) electrons. The minimum absolute atomic E-state index is 0.140. The summed E-state index contributed by atoms with van der Waals surface area (Å²) in [5.74, 6) is 0.962. The Morgan fingerprint density at radius 3 is 2.54 bits per heavy atom. The lowest BCUT2D eigenvalue weighted by atomic mass is 9.78. The number of hydrogen-bond donors (Lipinski definition) is 1. The van der Waals surface area contributed by atoms with Crippen LogP contribution < -0.4 is 10.1 Å². The van der Waals surface area contributed by atoms with Gasteiger partial charge in [-0.15, -0.1) is 0 Å². The number of carbonyl (C=O) groups excluding carboxylic acids is 1. The molecule has 0 unspecified atom stereocenters. The van der Waals surface area contributed by atoms with Crippen molar-refractivity contribution in [3.05, 3.63) is 59.9 Å². The van der Waals surface area contributed by atoms with Gasteiger partial charge in [0.05, 0.1) is 12.5 Å². The number of hydrogen-bond acceptors (Lipinski definition) is 3. The second kappa shape index (κ2) is 7.47. The van der Waals surface area contributed by atoms with Gasteiger partial charge in [-0.3, -0.25) is 9.78 Å². The van der Waals surface area contributed by atoms with E-state index >= 15 is 0 Å². The fourth-order valence-corrected chi connectivity index (χ4v) is 3.55. The van der Waals surface area contributed by atoms with E-state index in [2.05, 4.69) is 10.3 Å². The molecular weight excluding hydrogens is 300 g/mol. The number of methoxy groups -OCH3 is 1. The van der Waals surface area contributed by atoms with Crippen LogP contribution in [0.5, 0.6) is 5.75 Å². The van der Waals surface area contributed by atoms with E-state index in [4.69, 9.17) is 4.74 Å². The summed E-state index contributed by atoms with van der Waals surface area (Å²) in [6.45, 7) is 0.619. The highest BCUT2D eigenvalue weighted by Gasteiger charge is 2.42. The summed E-state index contributed by atoms with van der Waals surface area (Å²) in [4.78, 5) is 17.3. The number of rotatable bonds is 6. The Labute approximate surface area is 143 Å². The van der Waals surface area contributed by atoms with Crippen LogP contribution in [0.15, 0.2) is 48.7 Å². The van der Waals surface area contributed by atoms with Gasteiger partial charge in [-0.05, 0) is 42.7 Å². The first kappa shape index (κ1) is 16.5. The molecule has 1 aliphatic rings. The number of pyridine rings is 1. The number of amides is 1. The molecule has 1 aliphatic carbocycles. The van der Waals surface area contributed by atoms with Crippen molar-refractivity contribution in [2.75, 3.05) is 13.7 Å². The van der Waals surface area contributed by atoms with Crippen LogP contribution in [-0.4, -0.2) is 24.5 Å². The normalized spacial score (nSPS) is 15.9. The summed E-state index contributed by atoms with van der Waals surface area (Å²) in [7, 11) is 1.66. The van der Waals surface area contributed by atoms with Gasteiger partial charge in [0, 0.05) is 24.9 Å². The molecule has 24 heavy (non-hydrogen) atoms. The maximum Gasteiger partial charge on any atom is 0.230 e. The molecule has 4 nitrogen and oxygen atoms in total. The van der Waals surface area contributed by atoms with Crippen LogP contribution in [0.25, 0.3) is 0 Å². The van der Waals surface area contributed by atoms with E-state index in [0.717, 1.165) is 49.1 Å². The Hall–Kier alpha value is -2.36. The highest BCUT2D eigenvalue weighted by atomic mass is 16.5. The third kappa shape index (κ3) is 3.42. The molecule has 1 aromatic heterocycles. The minimum Gasteiger partial charge on any atom is -0.497 e. The Morgan fingerprint density at radius 1 is 1.17 bits per heavy atom. The number of nitrogens with one attached hydrogen (secondary N) is 1. The Morgan fingerprint density at radius 2 is 1.92 bits per heavy atom. The Balaban J connectivity index is 1.68. The number of carbonyl (C=O) groups is 1. The van der Waals surface area contributed by atoms with Crippen molar-refractivity contribution in [3.63, 3.8) is 0 Å². The summed E-state index contributed by atoms with van der Waals surface area (Å²) in [6, 6.07) is 13.8. The smallest absolute Gasteiger partial charge is 0.230 e. The first-order chi connectivity index (χ1) is 11.7. The summed E-state index contributed by atoms with van der Waals surface area (Å²) < 4.78 is 5.23. The number of ether oxygens (including phenoxy) is 1. The van der Waals surface area contributed by atoms with Gasteiger partial charge in [-0.2, -0.15) is 0 Å². The molecule has 1 heterocycles. The van der Waals surface area contributed by atoms with E-state index in [1.165, 1.54) is 0 Å². The largest absolute Gasteiger partial charge is 0.497 e. The second-order valence-corrected chi connectivity index (χ2v) is 6.34. The van der Waals surface area contributed by atoms with Gasteiger partial charge in [0.25, 0.3) is 0 Å². The van der Waals surface area contributed by atoms with E-state index < -0.39 is 5.41 Å². The molecule has 1 N–H and O–H groups in total. The molecule has 0 saturated heterocycles. The van der Waals surface area contributed by atoms with Crippen LogP contribution in [-0.2, 0) is 16.6 Å². The van der Waals surface area contributed by atoms with Crippen LogP contribution in [0.1, 0.15) is 36.9 Å². The third-order valence-electron chi connectivity index (χ3n) is 4.93. The predicted octanol–water partition coefficient (Wildman–Crippen LogP) is 3.26. The highest BCUT2D eigenvalue weighted by Crippen LogP contribution is 2.41. The zero-order chi connectivity index (χ0) is 16.8. The topological polar surface area (TPSA) is 51.2 Å². The van der Waals surface area contributed by atoms with Crippen molar-refractivity contribution >= 4 is 5.91 Å². The Bertz CT molecular complexity index is 662. The monoisotopic (exact) mass is 324 g/mol. The number of nitrogens with zero attached hydrogens (tertiary/aromatic N) is 1. The molecule has 3 rings (SSSR count). The standard InChI is InChI=1S/C20H24N2O2/c1-24-18-9-7-16(8-10-18)20(12-3-4-13-20)19(23)22-15-11-17-6-2-5-14-21-17/h2,5-10,14H,3-4,11-13,15H2,1H3,(H,22,23). The van der Waals surface area contributed by atoms with Crippen LogP contribution in [0, 0.1) is 0 Å². The van der Waals surface area contributed by atoms with Crippen molar-refractivity contribution < 1.29 is 9.53 Å². The SMILES string of the molecule is COc1ccc(C2(C(=O)NCCc3ccccn3)CCCC2)cc1. The van der Waals surface area contributed by atoms with E-state index in [-0.39, 0.29) is 5.91 Å². The summed E-state index contributed by atoms with van der Waals surface area (Å²) in [5, 5.41) is 3.13. The molecule has 126 valence electrons. The summed E-state index contributed by atoms with van der Waals surface area (Å²) in [6.07, 6.45) is 6.56. The molecule has 1 saturated carbocycles. The highest BCUT2D eigenvalue weighted by molar-refractivity contribution is 5.88. The summed E-state index contributed by atoms with van der Waals surface area (Å²) in [5.41, 5.74) is 1.70. The van der Waals surface area contributed by atoms with Gasteiger partial charge in [-0.25, -0.2) is 0 Å². The molecule has 2 aromatic rings. The van der Waals surface area contributed by atoms with Crippen LogP contribution in [0.3, 0.4) is 0 Å². The molecular formula is C20H24N2O2. The molecule has 1 aromatic carbocycles. The lowest BCUT2D eigenvalue weighted by Gasteiger charge is -2.28. The van der Waals surface area contributed by atoms with E-state index in [9.17, 15) is 4.79 Å². The lowest BCUT2D eigenvalue weighted by molar-refractivity contribution is -0.126. The summed E-state index contributed by atoms with van der Waals surface area (Å²) >= 11 is 0. The average molecular weight is 324 g/mol. The fraction of sp³-hybridized carbons (Fsp3) is 0.400. The van der Waals surface area contributed by atoms with Crippen molar-refractivity contribution in [3.8, 4) is 5.75 Å². The maximum atomic E-state index is 12.9. The van der Waals surface area contributed by atoms with E-state index in [0.29, 0.717) is 6.54 Å². The molecule has 0 spiro atoms. The van der Waals surface area contributed by atoms with Crippen LogP contribution in [0.4, 0.5) is 0 Å². The van der Waals surface area contributed by atoms with Crippen molar-refractivity contribution in [2.24, 2.45) is 0 Å². The van der Waals surface area contributed by atoms with Crippen molar-refractivity contribution in [1.29, 1.82) is 0 Å². The van der Waals surface area contributed by atoms with Gasteiger partial charge in [-0.1, -0.05) is 31.0 Å². The molecule has 1 fully saturated rings. The maximum absolute atomic E-state index is 12.9. The average Bonchev–Trinajstić information content (AvgIpc) is 3.14. The molecule has 4 heteroatoms. The zero-order valence-corrected chi connectivity index (χ0v) is 14.1. The predicted molar refractivity (Wildman–Crippen MR) is 94.1 cm³/mol. The van der Waals surface area contributed by atoms with E-state index in [1.807, 2.05) is 42.5 Å². The van der Waals surface area contributed by atoms with Crippen molar-refractivity contribution in [2.45, 2.75) is 37.5 Å². The fourth-order valence-electron chi connectivity index (χ4n) is 3.55.